The van der Waals surface area contributed by atoms with Crippen molar-refractivity contribution in [3.63, 3.8) is 0 Å². The molecule has 6 nitrogen and oxygen atoms in total. The van der Waals surface area contributed by atoms with Crippen molar-refractivity contribution in [1.29, 1.82) is 0 Å². The van der Waals surface area contributed by atoms with E-state index in [4.69, 9.17) is 14.0 Å². The van der Waals surface area contributed by atoms with Gasteiger partial charge in [-0.05, 0) is 41.9 Å². The summed E-state index contributed by atoms with van der Waals surface area (Å²) in [5.41, 5.74) is -2.92. The van der Waals surface area contributed by atoms with Crippen molar-refractivity contribution in [2.24, 2.45) is 5.41 Å². The van der Waals surface area contributed by atoms with Gasteiger partial charge in [-0.15, -0.1) is 4.52 Å². The molecule has 4 unspecified atom stereocenters. The van der Waals surface area contributed by atoms with Crippen LogP contribution in [0.3, 0.4) is 0 Å². The molecule has 0 rings (SSSR count). The Bertz CT molecular complexity index is 656. The number of ether oxygens (including phenoxy) is 2. The first kappa shape index (κ1) is 40.8. The third-order valence-electron chi connectivity index (χ3n) is 7.11. The van der Waals surface area contributed by atoms with Crippen LogP contribution in [0.2, 0.25) is 0 Å². The van der Waals surface area contributed by atoms with Crippen molar-refractivity contribution in [3.05, 3.63) is 0 Å². The topological polar surface area (TPSA) is 82.1 Å². The molecular weight excluding hydrogens is 555 g/mol. The van der Waals surface area contributed by atoms with Gasteiger partial charge in [-0.25, -0.2) is 4.79 Å². The summed E-state index contributed by atoms with van der Waals surface area (Å²) in [4.78, 5) is 13.0. The molecule has 1 N–H and O–H groups in total. The molecule has 0 heterocycles. The normalized spacial score (nSPS) is 15.4. The number of aliphatic hydroxyl groups is 1. The summed E-state index contributed by atoms with van der Waals surface area (Å²) in [5, 5.41) is 11.4. The molecule has 41 heavy (non-hydrogen) atoms. The van der Waals surface area contributed by atoms with E-state index >= 15 is 0 Å². The monoisotopic (exact) mass is 621 g/mol. The van der Waals surface area contributed by atoms with Gasteiger partial charge in [0.2, 0.25) is 0 Å². The fourth-order valence-corrected chi connectivity index (χ4v) is 6.86. The van der Waals surface area contributed by atoms with Gasteiger partial charge < -0.3 is 9.84 Å². The second kappa shape index (κ2) is 25.2. The number of hydrogen-bond acceptors (Lipinski definition) is 7. The van der Waals surface area contributed by atoms with Gasteiger partial charge in [-0.1, -0.05) is 138 Å². The number of carbonyl (C=O) groups is 1. The Morgan fingerprint density at radius 2 is 1.27 bits per heavy atom. The highest BCUT2D eigenvalue weighted by atomic mass is 32.2. The van der Waals surface area contributed by atoms with Crippen LogP contribution < -0.4 is 0 Å². The van der Waals surface area contributed by atoms with E-state index in [1.165, 1.54) is 83.5 Å². The molecule has 244 valence electrons. The smallest absolute Gasteiger partial charge is 0.458 e. The zero-order valence-electron chi connectivity index (χ0n) is 27.8. The molecule has 0 aliphatic carbocycles. The molecule has 0 aromatic carbocycles. The first-order valence-electron chi connectivity index (χ1n) is 16.8. The molecule has 0 saturated heterocycles. The molecule has 0 fully saturated rings. The molecule has 0 bridgehead atoms. The van der Waals surface area contributed by atoms with Gasteiger partial charge in [0.25, 0.3) is 0 Å². The lowest BCUT2D eigenvalue weighted by Gasteiger charge is -2.27. The number of carbonyl (C=O) groups excluding carboxylic acids is 1. The van der Waals surface area contributed by atoms with Crippen LogP contribution in [0.4, 0.5) is 0 Å². The predicted molar refractivity (Wildman–Crippen MR) is 176 cm³/mol. The summed E-state index contributed by atoms with van der Waals surface area (Å²) in [7, 11) is -2.83. The van der Waals surface area contributed by atoms with Gasteiger partial charge >= 0.3 is 19.5 Å². The van der Waals surface area contributed by atoms with Crippen LogP contribution in [0.5, 0.6) is 0 Å². The Morgan fingerprint density at radius 3 is 1.76 bits per heavy atom. The largest absolute Gasteiger partial charge is 0.589 e. The Morgan fingerprint density at radius 1 is 0.780 bits per heavy atom. The Balaban J connectivity index is 5.02. The molecule has 0 aliphatic rings. The van der Waals surface area contributed by atoms with E-state index in [0.717, 1.165) is 31.4 Å². The van der Waals surface area contributed by atoms with E-state index in [2.05, 4.69) is 13.8 Å². The second-order valence-electron chi connectivity index (χ2n) is 12.8. The first-order valence-corrected chi connectivity index (χ1v) is 19.0. The van der Waals surface area contributed by atoms with E-state index in [1.54, 1.807) is 0 Å². The van der Waals surface area contributed by atoms with Crippen LogP contribution in [0.15, 0.2) is 0 Å². The molecule has 0 aromatic rings. The molecule has 0 radical (unpaired) electrons. The van der Waals surface area contributed by atoms with E-state index in [-0.39, 0.29) is 23.9 Å². The molecule has 0 aromatic heterocycles. The predicted octanol–water partition coefficient (Wildman–Crippen LogP) is 10.6. The van der Waals surface area contributed by atoms with E-state index in [0.29, 0.717) is 6.42 Å². The maximum atomic E-state index is 13.0. The van der Waals surface area contributed by atoms with Gasteiger partial charge in [-0.3, -0.25) is 4.74 Å². The third-order valence-corrected chi connectivity index (χ3v) is 9.88. The maximum absolute atomic E-state index is 13.0. The minimum Gasteiger partial charge on any atom is -0.458 e. The van der Waals surface area contributed by atoms with Crippen molar-refractivity contribution < 1.29 is 28.5 Å². The number of esters is 1. The third kappa shape index (κ3) is 21.2. The number of unbranched alkanes of at least 4 members (excludes halogenated alkanes) is 14. The van der Waals surface area contributed by atoms with Crippen LogP contribution in [-0.4, -0.2) is 46.9 Å². The molecule has 0 saturated carbocycles. The van der Waals surface area contributed by atoms with Gasteiger partial charge in [0, 0.05) is 5.25 Å². The summed E-state index contributed by atoms with van der Waals surface area (Å²) in [6, 6.07) is 0. The number of hydrogen-bond donors (Lipinski definition) is 1. The highest BCUT2D eigenvalue weighted by Crippen LogP contribution is 2.43. The number of rotatable bonds is 28. The minimum atomic E-state index is -2.83. The Hall–Kier alpha value is -0.200. The highest BCUT2D eigenvalue weighted by Gasteiger charge is 2.62. The lowest BCUT2D eigenvalue weighted by atomic mass is 9.99. The van der Waals surface area contributed by atoms with Gasteiger partial charge in [0.1, 0.15) is 6.61 Å². The van der Waals surface area contributed by atoms with Crippen molar-refractivity contribution in [1.82, 2.24) is 0 Å². The maximum Gasteiger partial charge on any atom is 0.589 e. The van der Waals surface area contributed by atoms with E-state index in [9.17, 15) is 14.5 Å². The zero-order valence-corrected chi connectivity index (χ0v) is 29.6. The molecule has 0 amide bonds. The lowest BCUT2D eigenvalue weighted by Crippen LogP contribution is -2.45. The van der Waals surface area contributed by atoms with Gasteiger partial charge in [0.05, 0.1) is 12.7 Å². The second-order valence-corrected chi connectivity index (χ2v) is 15.5. The van der Waals surface area contributed by atoms with Gasteiger partial charge in [0.15, 0.2) is 0 Å². The fourth-order valence-electron chi connectivity index (χ4n) is 4.54. The summed E-state index contributed by atoms with van der Waals surface area (Å²) < 4.78 is 29.7. The molecular formula is C33H66O6PS+. The average Bonchev–Trinajstić information content (AvgIpc) is 2.93. The Labute approximate surface area is 259 Å². The quantitative estimate of drug-likeness (QED) is 0.0403. The van der Waals surface area contributed by atoms with Gasteiger partial charge in [-0.2, -0.15) is 11.8 Å². The van der Waals surface area contributed by atoms with Crippen molar-refractivity contribution in [3.8, 4) is 0 Å². The van der Waals surface area contributed by atoms with Crippen LogP contribution in [0.25, 0.3) is 0 Å². The molecule has 0 aliphatic heterocycles. The van der Waals surface area contributed by atoms with E-state index in [1.807, 2.05) is 46.4 Å². The average molecular weight is 622 g/mol. The summed E-state index contributed by atoms with van der Waals surface area (Å²) in [6.45, 7) is 14.2. The minimum absolute atomic E-state index is 0.0799. The summed E-state index contributed by atoms with van der Waals surface area (Å²) >= 11 is 1.85. The molecule has 8 heteroatoms. The highest BCUT2D eigenvalue weighted by molar-refractivity contribution is 7.99. The summed E-state index contributed by atoms with van der Waals surface area (Å²) in [5.74, 6) is -0.0241. The summed E-state index contributed by atoms with van der Waals surface area (Å²) in [6.07, 6.45) is 21.4. The molecule has 0 spiro atoms. The van der Waals surface area contributed by atoms with Crippen LogP contribution in [0.1, 0.15) is 164 Å². The Kier molecular flexibility index (Phi) is 25.0. The number of thioether (sulfide) groups is 1. The molecule has 4 atom stereocenters. The van der Waals surface area contributed by atoms with Crippen LogP contribution in [-0.2, 0) is 23.4 Å². The van der Waals surface area contributed by atoms with Crippen molar-refractivity contribution in [2.75, 3.05) is 19.0 Å². The van der Waals surface area contributed by atoms with Crippen LogP contribution in [0, 0.1) is 5.41 Å². The fraction of sp³-hybridized carbons (Fsp3) is 0.970. The van der Waals surface area contributed by atoms with Crippen molar-refractivity contribution in [2.45, 2.75) is 181 Å². The van der Waals surface area contributed by atoms with Crippen molar-refractivity contribution >= 4 is 25.8 Å². The van der Waals surface area contributed by atoms with Crippen LogP contribution >= 0.6 is 19.8 Å². The zero-order chi connectivity index (χ0) is 31.0. The SMILES string of the molecule is CCCCCCCCCCCCCSC(CCCCCCC)C(C)OC(O)(C(=O)OCC(C)(C)C)[P+](=O)OCCC. The standard InChI is InChI=1S/C33H66O6PS/c1-8-11-13-15-16-17-18-19-20-22-24-27-41-30(25-23-21-14-12-9-2)29(4)39-33(35,40(36)38-26-10-3)31(34)37-28-32(5,6)7/h29-30,35H,8-28H2,1-7H3/q+1. The van der Waals surface area contributed by atoms with E-state index < -0.39 is 25.6 Å². The first-order chi connectivity index (χ1) is 19.5. The lowest BCUT2D eigenvalue weighted by molar-refractivity contribution is -0.211.